The summed E-state index contributed by atoms with van der Waals surface area (Å²) in [6.45, 7) is 8.76. The molecule has 76 heavy (non-hydrogen) atoms. The molecule has 1 aromatic carbocycles. The summed E-state index contributed by atoms with van der Waals surface area (Å²) in [5.74, 6) is 0.355. The van der Waals surface area contributed by atoms with Crippen LogP contribution in [0.1, 0.15) is 407 Å². The number of carbonyl (C=O) groups is 2. The zero-order valence-electron chi connectivity index (χ0n) is 51.9. The Morgan fingerprint density at radius 1 is 0.289 bits per heavy atom. The quantitative estimate of drug-likeness (QED) is 0.0639. The molecule has 5 nitrogen and oxygen atoms in total. The van der Waals surface area contributed by atoms with Crippen molar-refractivity contribution >= 4 is 11.8 Å². The minimum absolute atomic E-state index is 0.0788. The predicted octanol–water partition coefficient (Wildman–Crippen LogP) is 23.8. The summed E-state index contributed by atoms with van der Waals surface area (Å²) >= 11 is 0. The molecule has 0 saturated heterocycles. The summed E-state index contributed by atoms with van der Waals surface area (Å²) in [4.78, 5) is 26.6. The number of ether oxygens (including phenoxy) is 1. The van der Waals surface area contributed by atoms with Crippen molar-refractivity contribution in [3.63, 3.8) is 0 Å². The summed E-state index contributed by atoms with van der Waals surface area (Å²) in [6.07, 6.45) is 78.2. The average Bonchev–Trinajstić information content (AvgIpc) is 3.43. The van der Waals surface area contributed by atoms with Gasteiger partial charge in [0.15, 0.2) is 0 Å². The highest BCUT2D eigenvalue weighted by Crippen LogP contribution is 2.23. The van der Waals surface area contributed by atoms with Crippen LogP contribution in [0.3, 0.4) is 0 Å². The van der Waals surface area contributed by atoms with Gasteiger partial charge >= 0.3 is 0 Å². The van der Waals surface area contributed by atoms with Gasteiger partial charge in [-0.15, -0.1) is 0 Å². The lowest BCUT2D eigenvalue weighted by Gasteiger charge is -2.14. The second kappa shape index (κ2) is 60.6. The molecule has 0 radical (unpaired) electrons. The van der Waals surface area contributed by atoms with Crippen LogP contribution >= 0.6 is 0 Å². The maximum atomic E-state index is 13.4. The van der Waals surface area contributed by atoms with E-state index in [9.17, 15) is 9.59 Å². The van der Waals surface area contributed by atoms with Crippen LogP contribution in [0.15, 0.2) is 18.2 Å². The fraction of sp³-hybridized carbons (Fsp3) is 0.887. The first-order valence-electron chi connectivity index (χ1n) is 35.0. The van der Waals surface area contributed by atoms with Gasteiger partial charge in [-0.2, -0.15) is 0 Å². The van der Waals surface area contributed by atoms with Crippen molar-refractivity contribution in [3.05, 3.63) is 29.3 Å². The van der Waals surface area contributed by atoms with Crippen molar-refractivity contribution in [3.8, 4) is 5.75 Å². The molecular weight excluding hydrogens is 929 g/mol. The van der Waals surface area contributed by atoms with E-state index in [4.69, 9.17) is 4.74 Å². The van der Waals surface area contributed by atoms with Gasteiger partial charge in [0, 0.05) is 18.7 Å². The lowest BCUT2D eigenvalue weighted by Crippen LogP contribution is -2.26. The molecule has 0 aromatic heterocycles. The average molecular weight is 1060 g/mol. The van der Waals surface area contributed by atoms with Crippen LogP contribution in [0.2, 0.25) is 0 Å². The van der Waals surface area contributed by atoms with Crippen molar-refractivity contribution in [1.29, 1.82) is 0 Å². The molecule has 0 aliphatic carbocycles. The zero-order chi connectivity index (χ0) is 54.6. The van der Waals surface area contributed by atoms with Crippen LogP contribution in [-0.4, -0.2) is 31.5 Å². The summed E-state index contributed by atoms with van der Waals surface area (Å²) in [5.41, 5.74) is 1.11. The number of rotatable bonds is 63. The molecule has 0 atom stereocenters. The first-order valence-corrected chi connectivity index (χ1v) is 35.0. The predicted molar refractivity (Wildman–Crippen MR) is 337 cm³/mol. The second-order valence-corrected chi connectivity index (χ2v) is 24.2. The van der Waals surface area contributed by atoms with Gasteiger partial charge in [0.05, 0.1) is 12.2 Å². The Bertz CT molecular complexity index is 1330. The standard InChI is InChI=1S/C71H134N2O3/c1-4-7-10-13-15-17-19-21-23-25-27-29-31-33-35-37-39-41-43-45-47-49-51-53-55-58-63-72-70(74)67-61-62-68(69(66-67)76-65-60-57-12-9-6-3)71(75)73-64-59-56-54-52-50-48-46-44-42-40-38-36-34-32-30-28-26-24-22-20-18-16-14-11-8-5-2/h61-62,66H,4-60,63-65H2,1-3H3,(H,72,74)(H,73,75). The number of carbonyl (C=O) groups excluding carboxylic acids is 2. The topological polar surface area (TPSA) is 67.4 Å². The molecule has 0 spiro atoms. The third kappa shape index (κ3) is 50.2. The van der Waals surface area contributed by atoms with E-state index in [1.54, 1.807) is 18.2 Å². The molecule has 0 unspecified atom stereocenters. The van der Waals surface area contributed by atoms with Crippen molar-refractivity contribution in [2.75, 3.05) is 19.7 Å². The lowest BCUT2D eigenvalue weighted by molar-refractivity contribution is 0.0937. The maximum Gasteiger partial charge on any atom is 0.255 e. The van der Waals surface area contributed by atoms with Crippen LogP contribution < -0.4 is 15.4 Å². The van der Waals surface area contributed by atoms with Gasteiger partial charge < -0.3 is 15.4 Å². The number of hydrogen-bond acceptors (Lipinski definition) is 3. The smallest absolute Gasteiger partial charge is 0.255 e. The molecule has 1 rings (SSSR count). The van der Waals surface area contributed by atoms with Crippen LogP contribution in [-0.2, 0) is 0 Å². The van der Waals surface area contributed by atoms with Gasteiger partial charge in [-0.1, -0.05) is 367 Å². The first kappa shape index (κ1) is 72.0. The number of benzene rings is 1. The largest absolute Gasteiger partial charge is 0.493 e. The third-order valence-electron chi connectivity index (χ3n) is 16.6. The highest BCUT2D eigenvalue weighted by atomic mass is 16.5. The number of nitrogens with one attached hydrogen (secondary N) is 2. The molecule has 0 saturated carbocycles. The van der Waals surface area contributed by atoms with E-state index in [-0.39, 0.29) is 11.8 Å². The Labute approximate surface area is 476 Å². The van der Waals surface area contributed by atoms with Crippen molar-refractivity contribution < 1.29 is 14.3 Å². The van der Waals surface area contributed by atoms with E-state index in [1.165, 1.54) is 327 Å². The maximum absolute atomic E-state index is 13.4. The van der Waals surface area contributed by atoms with Gasteiger partial charge in [-0.3, -0.25) is 9.59 Å². The van der Waals surface area contributed by atoms with Crippen LogP contribution in [0.4, 0.5) is 0 Å². The molecule has 446 valence electrons. The lowest BCUT2D eigenvalue weighted by atomic mass is 10.0. The van der Waals surface area contributed by atoms with E-state index < -0.39 is 0 Å². The third-order valence-corrected chi connectivity index (χ3v) is 16.6. The van der Waals surface area contributed by atoms with Crippen LogP contribution in [0.5, 0.6) is 5.75 Å². The van der Waals surface area contributed by atoms with Gasteiger partial charge in [0.25, 0.3) is 11.8 Å². The van der Waals surface area contributed by atoms with Crippen molar-refractivity contribution in [1.82, 2.24) is 10.6 Å². The van der Waals surface area contributed by atoms with Crippen molar-refractivity contribution in [2.24, 2.45) is 0 Å². The molecule has 0 fully saturated rings. The highest BCUT2D eigenvalue weighted by Gasteiger charge is 2.16. The summed E-state index contributed by atoms with van der Waals surface area (Å²) in [6, 6.07) is 5.37. The minimum Gasteiger partial charge on any atom is -0.493 e. The number of unbranched alkanes of at least 4 members (excludes halogenated alkanes) is 54. The Morgan fingerprint density at radius 2 is 0.513 bits per heavy atom. The molecule has 2 N–H and O–H groups in total. The monoisotopic (exact) mass is 1060 g/mol. The summed E-state index contributed by atoms with van der Waals surface area (Å²) in [5, 5.41) is 6.29. The zero-order valence-corrected chi connectivity index (χ0v) is 51.9. The Kier molecular flexibility index (Phi) is 57.4. The van der Waals surface area contributed by atoms with Gasteiger partial charge in [-0.25, -0.2) is 0 Å². The molecule has 2 amide bonds. The van der Waals surface area contributed by atoms with Gasteiger partial charge in [0.1, 0.15) is 5.75 Å². The summed E-state index contributed by atoms with van der Waals surface area (Å²) < 4.78 is 6.21. The SMILES string of the molecule is CCCCCCCCCCCCCCCCCCCCCCCCCCCCNC(=O)c1ccc(C(=O)NCCCCCCCCCCCCCCCCCCCCCCCCCCCC)c(OCCCCCCC)c1. The molecule has 0 heterocycles. The van der Waals surface area contributed by atoms with E-state index in [1.807, 2.05) is 0 Å². The first-order chi connectivity index (χ1) is 37.6. The number of hydrogen-bond donors (Lipinski definition) is 2. The molecular formula is C71H134N2O3. The minimum atomic E-state index is -0.0990. The molecule has 0 aliphatic rings. The molecule has 1 aromatic rings. The van der Waals surface area contributed by atoms with Crippen molar-refractivity contribution in [2.45, 2.75) is 387 Å². The molecule has 5 heteroatoms. The van der Waals surface area contributed by atoms with E-state index in [0.717, 1.165) is 38.5 Å². The molecule has 0 bridgehead atoms. The Morgan fingerprint density at radius 3 is 0.776 bits per heavy atom. The normalized spacial score (nSPS) is 11.5. The number of amides is 2. The fourth-order valence-electron chi connectivity index (χ4n) is 11.3. The fourth-order valence-corrected chi connectivity index (χ4v) is 11.3. The van der Waals surface area contributed by atoms with E-state index in [2.05, 4.69) is 31.4 Å². The molecule has 0 aliphatic heterocycles. The van der Waals surface area contributed by atoms with Crippen LogP contribution in [0.25, 0.3) is 0 Å². The van der Waals surface area contributed by atoms with Crippen LogP contribution in [0, 0.1) is 0 Å². The van der Waals surface area contributed by atoms with E-state index in [0.29, 0.717) is 36.6 Å². The van der Waals surface area contributed by atoms with Gasteiger partial charge in [-0.05, 0) is 37.5 Å². The Hall–Kier alpha value is -2.04. The Balaban J connectivity index is 2.07. The summed E-state index contributed by atoms with van der Waals surface area (Å²) in [7, 11) is 0. The highest BCUT2D eigenvalue weighted by molar-refractivity contribution is 6.00. The second-order valence-electron chi connectivity index (χ2n) is 24.2. The van der Waals surface area contributed by atoms with Gasteiger partial charge in [0.2, 0.25) is 0 Å². The van der Waals surface area contributed by atoms with E-state index >= 15 is 0 Å².